The van der Waals surface area contributed by atoms with E-state index < -0.39 is 5.91 Å². The summed E-state index contributed by atoms with van der Waals surface area (Å²) >= 11 is 1.52. The zero-order valence-electron chi connectivity index (χ0n) is 14.7. The van der Waals surface area contributed by atoms with Crippen LogP contribution in [0.25, 0.3) is 6.08 Å². The van der Waals surface area contributed by atoms with Gasteiger partial charge in [0, 0.05) is 11.1 Å². The Morgan fingerprint density at radius 1 is 1.26 bits per heavy atom. The van der Waals surface area contributed by atoms with Gasteiger partial charge in [-0.15, -0.1) is 11.3 Å². The van der Waals surface area contributed by atoms with Crippen molar-refractivity contribution in [1.82, 2.24) is 4.98 Å². The van der Waals surface area contributed by atoms with E-state index >= 15 is 0 Å². The molecule has 0 aliphatic rings. The molecule has 0 spiro atoms. The number of benzene rings is 2. The predicted molar refractivity (Wildman–Crippen MR) is 106 cm³/mol. The number of carbonyl (C=O) groups excluding carboxylic acids is 1. The lowest BCUT2D eigenvalue weighted by molar-refractivity contribution is -0.112. The first kappa shape index (κ1) is 18.4. The summed E-state index contributed by atoms with van der Waals surface area (Å²) in [7, 11) is 0. The van der Waals surface area contributed by atoms with Crippen molar-refractivity contribution in [2.45, 2.75) is 13.5 Å². The fourth-order valence-corrected chi connectivity index (χ4v) is 2.89. The number of hydrogen-bond acceptors (Lipinski definition) is 5. The normalized spacial score (nSPS) is 10.9. The molecule has 1 heterocycles. The highest BCUT2D eigenvalue weighted by Crippen LogP contribution is 2.18. The SMILES string of the molecule is Cc1ccccc1NC(=O)/C(C#N)=C/c1ccc(OCc2cscn2)cc1. The van der Waals surface area contributed by atoms with Gasteiger partial charge in [-0.1, -0.05) is 30.3 Å². The highest BCUT2D eigenvalue weighted by atomic mass is 32.1. The van der Waals surface area contributed by atoms with Crippen molar-refractivity contribution in [3.8, 4) is 11.8 Å². The molecule has 134 valence electrons. The van der Waals surface area contributed by atoms with Gasteiger partial charge in [-0.3, -0.25) is 4.79 Å². The van der Waals surface area contributed by atoms with Gasteiger partial charge in [-0.2, -0.15) is 5.26 Å². The molecule has 27 heavy (non-hydrogen) atoms. The molecule has 0 aliphatic carbocycles. The van der Waals surface area contributed by atoms with Gasteiger partial charge in [0.15, 0.2) is 0 Å². The van der Waals surface area contributed by atoms with E-state index in [1.807, 2.05) is 36.6 Å². The molecule has 3 rings (SSSR count). The van der Waals surface area contributed by atoms with Gasteiger partial charge in [-0.05, 0) is 42.3 Å². The van der Waals surface area contributed by atoms with Crippen LogP contribution in [0, 0.1) is 18.3 Å². The topological polar surface area (TPSA) is 75.0 Å². The maximum absolute atomic E-state index is 12.4. The Kier molecular flexibility index (Phi) is 5.98. The molecule has 1 N–H and O–H groups in total. The number of ether oxygens (including phenoxy) is 1. The van der Waals surface area contributed by atoms with E-state index in [4.69, 9.17) is 4.74 Å². The summed E-state index contributed by atoms with van der Waals surface area (Å²) in [4.78, 5) is 16.5. The third kappa shape index (κ3) is 5.03. The number of aryl methyl sites for hydroxylation is 1. The molecule has 0 aliphatic heterocycles. The minimum absolute atomic E-state index is 0.0365. The van der Waals surface area contributed by atoms with Crippen molar-refractivity contribution >= 4 is 29.0 Å². The molecule has 6 heteroatoms. The first-order valence-corrected chi connectivity index (χ1v) is 9.18. The van der Waals surface area contributed by atoms with Crippen LogP contribution < -0.4 is 10.1 Å². The summed E-state index contributed by atoms with van der Waals surface area (Å²) in [5.74, 6) is 0.263. The molecule has 0 unspecified atom stereocenters. The zero-order chi connectivity index (χ0) is 19.1. The van der Waals surface area contributed by atoms with E-state index in [1.165, 1.54) is 11.3 Å². The van der Waals surface area contributed by atoms with Crippen LogP contribution >= 0.6 is 11.3 Å². The third-order valence-electron chi connectivity index (χ3n) is 3.82. The zero-order valence-corrected chi connectivity index (χ0v) is 15.5. The fraction of sp³-hybridized carbons (Fsp3) is 0.0952. The molecule has 0 saturated heterocycles. The van der Waals surface area contributed by atoms with E-state index in [9.17, 15) is 10.1 Å². The summed E-state index contributed by atoms with van der Waals surface area (Å²) in [6.45, 7) is 2.30. The van der Waals surface area contributed by atoms with Gasteiger partial charge < -0.3 is 10.1 Å². The molecular formula is C21H17N3O2S. The number of para-hydroxylation sites is 1. The Balaban J connectivity index is 1.67. The number of nitriles is 1. The van der Waals surface area contributed by atoms with Crippen LogP contribution in [0.2, 0.25) is 0 Å². The maximum Gasteiger partial charge on any atom is 0.266 e. The van der Waals surface area contributed by atoms with Crippen molar-refractivity contribution in [2.75, 3.05) is 5.32 Å². The second-order valence-corrected chi connectivity index (χ2v) is 6.50. The van der Waals surface area contributed by atoms with E-state index in [2.05, 4.69) is 10.3 Å². The number of anilines is 1. The highest BCUT2D eigenvalue weighted by molar-refractivity contribution is 7.07. The summed E-state index contributed by atoms with van der Waals surface area (Å²) in [5.41, 5.74) is 5.04. The fourth-order valence-electron chi connectivity index (χ4n) is 2.34. The quantitative estimate of drug-likeness (QED) is 0.506. The van der Waals surface area contributed by atoms with Crippen molar-refractivity contribution in [3.05, 3.63) is 81.8 Å². The van der Waals surface area contributed by atoms with Gasteiger partial charge in [0.25, 0.3) is 5.91 Å². The van der Waals surface area contributed by atoms with Crippen LogP contribution in [-0.4, -0.2) is 10.9 Å². The molecule has 0 bridgehead atoms. The summed E-state index contributed by atoms with van der Waals surface area (Å²) in [6, 6.07) is 16.6. The van der Waals surface area contributed by atoms with Crippen LogP contribution in [0.3, 0.4) is 0 Å². The monoisotopic (exact) mass is 375 g/mol. The minimum atomic E-state index is -0.435. The number of carbonyl (C=O) groups is 1. The Hall–Kier alpha value is -3.43. The molecular weight excluding hydrogens is 358 g/mol. The number of hydrogen-bond donors (Lipinski definition) is 1. The van der Waals surface area contributed by atoms with Gasteiger partial charge >= 0.3 is 0 Å². The summed E-state index contributed by atoms with van der Waals surface area (Å²) < 4.78 is 5.66. The Morgan fingerprint density at radius 3 is 2.70 bits per heavy atom. The molecule has 0 atom stereocenters. The number of thiazole rings is 1. The van der Waals surface area contributed by atoms with Crippen molar-refractivity contribution < 1.29 is 9.53 Å². The van der Waals surface area contributed by atoms with Gasteiger partial charge in [0.1, 0.15) is 24.0 Å². The van der Waals surface area contributed by atoms with Crippen LogP contribution in [0.15, 0.2) is 65.0 Å². The first-order chi connectivity index (χ1) is 13.2. The average molecular weight is 375 g/mol. The average Bonchev–Trinajstić information content (AvgIpc) is 3.21. The molecule has 0 radical (unpaired) electrons. The Labute approximate surface area is 161 Å². The van der Waals surface area contributed by atoms with Crippen molar-refractivity contribution in [1.29, 1.82) is 5.26 Å². The van der Waals surface area contributed by atoms with Crippen molar-refractivity contribution in [2.24, 2.45) is 0 Å². The van der Waals surface area contributed by atoms with E-state index in [0.717, 1.165) is 16.8 Å². The van der Waals surface area contributed by atoms with Crippen LogP contribution in [-0.2, 0) is 11.4 Å². The largest absolute Gasteiger partial charge is 0.487 e. The molecule has 1 amide bonds. The second-order valence-electron chi connectivity index (χ2n) is 5.78. The van der Waals surface area contributed by atoms with Crippen LogP contribution in [0.5, 0.6) is 5.75 Å². The molecule has 1 aromatic heterocycles. The molecule has 0 saturated carbocycles. The number of nitrogens with one attached hydrogen (secondary N) is 1. The molecule has 2 aromatic carbocycles. The van der Waals surface area contributed by atoms with E-state index in [-0.39, 0.29) is 5.57 Å². The Bertz CT molecular complexity index is 987. The summed E-state index contributed by atoms with van der Waals surface area (Å²) in [6.07, 6.45) is 1.55. The minimum Gasteiger partial charge on any atom is -0.487 e. The molecule has 3 aromatic rings. The second kappa shape index (κ2) is 8.79. The lowest BCUT2D eigenvalue weighted by Crippen LogP contribution is -2.14. The maximum atomic E-state index is 12.4. The van der Waals surface area contributed by atoms with Crippen LogP contribution in [0.1, 0.15) is 16.8 Å². The lowest BCUT2D eigenvalue weighted by Gasteiger charge is -2.07. The standard InChI is InChI=1S/C21H17N3O2S/c1-15-4-2-3-5-20(15)24-21(25)17(11-22)10-16-6-8-19(9-7-16)26-12-18-13-27-14-23-18/h2-10,13-14H,12H2,1H3,(H,24,25)/b17-10+. The number of aromatic nitrogens is 1. The molecule has 0 fully saturated rings. The van der Waals surface area contributed by atoms with Crippen LogP contribution in [0.4, 0.5) is 5.69 Å². The number of amides is 1. The number of rotatable bonds is 6. The lowest BCUT2D eigenvalue weighted by atomic mass is 10.1. The van der Waals surface area contributed by atoms with E-state index in [1.54, 1.807) is 41.9 Å². The van der Waals surface area contributed by atoms with Gasteiger partial charge in [0.2, 0.25) is 0 Å². The van der Waals surface area contributed by atoms with Gasteiger partial charge in [0.05, 0.1) is 11.2 Å². The predicted octanol–water partition coefficient (Wildman–Crippen LogP) is 4.58. The molecule has 5 nitrogen and oxygen atoms in total. The smallest absolute Gasteiger partial charge is 0.266 e. The first-order valence-electron chi connectivity index (χ1n) is 8.24. The number of nitrogens with zero attached hydrogens (tertiary/aromatic N) is 2. The highest BCUT2D eigenvalue weighted by Gasteiger charge is 2.10. The van der Waals surface area contributed by atoms with Gasteiger partial charge in [-0.25, -0.2) is 4.98 Å². The van der Waals surface area contributed by atoms with E-state index in [0.29, 0.717) is 18.0 Å². The Morgan fingerprint density at radius 2 is 2.04 bits per heavy atom. The van der Waals surface area contributed by atoms with Crippen molar-refractivity contribution in [3.63, 3.8) is 0 Å². The third-order valence-corrected chi connectivity index (χ3v) is 4.45. The summed E-state index contributed by atoms with van der Waals surface area (Å²) in [5, 5.41) is 14.0.